The van der Waals surface area contributed by atoms with Crippen LogP contribution in [0.15, 0.2) is 48.5 Å². The molecule has 0 radical (unpaired) electrons. The number of esters is 1. The molecule has 4 nitrogen and oxygen atoms in total. The van der Waals surface area contributed by atoms with Crippen molar-refractivity contribution < 1.29 is 19.4 Å². The molecule has 0 aromatic heterocycles. The molecular formula is C17H16O4. The second-order valence-electron chi connectivity index (χ2n) is 5.02. The van der Waals surface area contributed by atoms with E-state index in [4.69, 9.17) is 9.47 Å². The van der Waals surface area contributed by atoms with E-state index in [-0.39, 0.29) is 11.9 Å². The van der Waals surface area contributed by atoms with E-state index in [0.717, 1.165) is 11.1 Å². The van der Waals surface area contributed by atoms with Gasteiger partial charge < -0.3 is 14.6 Å². The largest absolute Gasteiger partial charge is 0.465 e. The lowest BCUT2D eigenvalue weighted by Crippen LogP contribution is -2.26. The van der Waals surface area contributed by atoms with E-state index in [2.05, 4.69) is 0 Å². The molecule has 2 aromatic rings. The molecule has 2 aromatic carbocycles. The first-order chi connectivity index (χ1) is 10.2. The van der Waals surface area contributed by atoms with Crippen molar-refractivity contribution in [1.29, 1.82) is 0 Å². The molecule has 0 saturated heterocycles. The van der Waals surface area contributed by atoms with E-state index in [9.17, 15) is 9.90 Å². The Bertz CT molecular complexity index is 651. The lowest BCUT2D eigenvalue weighted by molar-refractivity contribution is -0.0359. The summed E-state index contributed by atoms with van der Waals surface area (Å²) in [5, 5.41) is 9.90. The van der Waals surface area contributed by atoms with Crippen LogP contribution in [0.4, 0.5) is 0 Å². The zero-order chi connectivity index (χ0) is 14.8. The first kappa shape index (κ1) is 13.6. The van der Waals surface area contributed by atoms with Gasteiger partial charge in [-0.25, -0.2) is 4.79 Å². The highest BCUT2D eigenvalue weighted by atomic mass is 16.6. The van der Waals surface area contributed by atoms with Gasteiger partial charge in [-0.1, -0.05) is 30.3 Å². The molecule has 0 aliphatic carbocycles. The predicted octanol–water partition coefficient (Wildman–Crippen LogP) is 2.71. The molecular weight excluding hydrogens is 268 g/mol. The summed E-state index contributed by atoms with van der Waals surface area (Å²) in [5.74, 6) is 0.223. The number of hydrogen-bond acceptors (Lipinski definition) is 4. The maximum atomic E-state index is 11.7. The molecule has 1 unspecified atom stereocenters. The van der Waals surface area contributed by atoms with Crippen LogP contribution >= 0.6 is 0 Å². The van der Waals surface area contributed by atoms with Gasteiger partial charge >= 0.3 is 5.97 Å². The number of aliphatic hydroxyl groups excluding tert-OH is 1. The molecule has 0 saturated carbocycles. The van der Waals surface area contributed by atoms with Gasteiger partial charge in [0.05, 0.1) is 12.7 Å². The summed E-state index contributed by atoms with van der Waals surface area (Å²) in [5.41, 5.74) is 2.47. The molecule has 2 atom stereocenters. The van der Waals surface area contributed by atoms with Crippen LogP contribution in [0.5, 0.6) is 5.75 Å². The van der Waals surface area contributed by atoms with Crippen LogP contribution in [-0.2, 0) is 4.74 Å². The van der Waals surface area contributed by atoms with Crippen LogP contribution in [0.1, 0.15) is 33.8 Å². The van der Waals surface area contributed by atoms with Gasteiger partial charge in [-0.3, -0.25) is 0 Å². The van der Waals surface area contributed by atoms with Crippen LogP contribution in [0, 0.1) is 0 Å². The van der Waals surface area contributed by atoms with E-state index in [1.165, 1.54) is 7.11 Å². The lowest BCUT2D eigenvalue weighted by Gasteiger charge is -2.30. The van der Waals surface area contributed by atoms with Crippen molar-refractivity contribution in [3.63, 3.8) is 0 Å². The normalized spacial score (nSPS) is 20.3. The number of carbonyl (C=O) groups is 1. The summed E-state index contributed by atoms with van der Waals surface area (Å²) in [4.78, 5) is 11.7. The summed E-state index contributed by atoms with van der Waals surface area (Å²) >= 11 is 0. The van der Waals surface area contributed by atoms with Gasteiger partial charge in [-0.05, 0) is 23.8 Å². The summed E-state index contributed by atoms with van der Waals surface area (Å²) in [6.07, 6.45) is -0.381. The first-order valence-corrected chi connectivity index (χ1v) is 6.81. The second-order valence-corrected chi connectivity index (χ2v) is 5.02. The number of rotatable bonds is 2. The third-order valence-corrected chi connectivity index (χ3v) is 3.71. The number of ether oxygens (including phenoxy) is 2. The molecule has 21 heavy (non-hydrogen) atoms. The van der Waals surface area contributed by atoms with E-state index in [0.29, 0.717) is 17.7 Å². The van der Waals surface area contributed by atoms with Crippen molar-refractivity contribution in [2.75, 3.05) is 7.11 Å². The summed E-state index contributed by atoms with van der Waals surface area (Å²) in [6, 6.07) is 15.0. The van der Waals surface area contributed by atoms with Crippen LogP contribution in [0.3, 0.4) is 0 Å². The van der Waals surface area contributed by atoms with Gasteiger partial charge in [0.1, 0.15) is 5.75 Å². The van der Waals surface area contributed by atoms with Gasteiger partial charge in [-0.15, -0.1) is 0 Å². The highest BCUT2D eigenvalue weighted by Crippen LogP contribution is 2.40. The minimum Gasteiger partial charge on any atom is -0.465 e. The molecule has 1 aliphatic heterocycles. The van der Waals surface area contributed by atoms with Gasteiger partial charge in [0.25, 0.3) is 0 Å². The molecule has 0 bridgehead atoms. The first-order valence-electron chi connectivity index (χ1n) is 6.81. The fourth-order valence-electron chi connectivity index (χ4n) is 2.70. The Kier molecular flexibility index (Phi) is 3.62. The molecule has 0 amide bonds. The van der Waals surface area contributed by atoms with Crippen LogP contribution in [0.25, 0.3) is 0 Å². The zero-order valence-corrected chi connectivity index (χ0v) is 11.7. The van der Waals surface area contributed by atoms with E-state index < -0.39 is 6.29 Å². The van der Waals surface area contributed by atoms with Gasteiger partial charge in [0, 0.05) is 17.9 Å². The number of hydrogen-bond donors (Lipinski definition) is 1. The van der Waals surface area contributed by atoms with Crippen molar-refractivity contribution in [3.05, 3.63) is 65.2 Å². The van der Waals surface area contributed by atoms with E-state index >= 15 is 0 Å². The Labute approximate surface area is 122 Å². The fourth-order valence-corrected chi connectivity index (χ4v) is 2.70. The number of methoxy groups -OCH3 is 1. The molecule has 3 rings (SSSR count). The fraction of sp³-hybridized carbons (Fsp3) is 0.235. The van der Waals surface area contributed by atoms with Crippen LogP contribution in [-0.4, -0.2) is 24.5 Å². The number of aliphatic hydroxyl groups is 1. The molecule has 0 fully saturated rings. The molecule has 1 N–H and O–H groups in total. The minimum atomic E-state index is -0.841. The molecule has 108 valence electrons. The smallest absolute Gasteiger partial charge is 0.337 e. The summed E-state index contributed by atoms with van der Waals surface area (Å²) in [7, 11) is 1.36. The third kappa shape index (κ3) is 2.62. The second kappa shape index (κ2) is 5.58. The molecule has 1 aliphatic rings. The lowest BCUT2D eigenvalue weighted by atomic mass is 9.85. The Balaban J connectivity index is 2.07. The minimum absolute atomic E-state index is 0.00504. The van der Waals surface area contributed by atoms with Gasteiger partial charge in [0.15, 0.2) is 6.29 Å². The highest BCUT2D eigenvalue weighted by molar-refractivity contribution is 5.89. The maximum Gasteiger partial charge on any atom is 0.337 e. The summed E-state index contributed by atoms with van der Waals surface area (Å²) in [6.45, 7) is 0. The van der Waals surface area contributed by atoms with Crippen LogP contribution in [0.2, 0.25) is 0 Å². The topological polar surface area (TPSA) is 55.8 Å². The molecule has 4 heteroatoms. The molecule has 0 spiro atoms. The monoisotopic (exact) mass is 284 g/mol. The van der Waals surface area contributed by atoms with Crippen molar-refractivity contribution in [1.82, 2.24) is 0 Å². The Hall–Kier alpha value is -2.33. The quantitative estimate of drug-likeness (QED) is 0.861. The zero-order valence-electron chi connectivity index (χ0n) is 11.7. The predicted molar refractivity (Wildman–Crippen MR) is 77.3 cm³/mol. The summed E-state index contributed by atoms with van der Waals surface area (Å²) < 4.78 is 10.2. The average molecular weight is 284 g/mol. The Morgan fingerprint density at radius 1 is 1.24 bits per heavy atom. The average Bonchev–Trinajstić information content (AvgIpc) is 2.53. The number of fused-ring (bicyclic) bond motifs is 1. The third-order valence-electron chi connectivity index (χ3n) is 3.71. The highest BCUT2D eigenvalue weighted by Gasteiger charge is 2.29. The van der Waals surface area contributed by atoms with Gasteiger partial charge in [0.2, 0.25) is 0 Å². The Morgan fingerprint density at radius 2 is 2.00 bits per heavy atom. The van der Waals surface area contributed by atoms with Crippen molar-refractivity contribution in [3.8, 4) is 5.75 Å². The van der Waals surface area contributed by atoms with Crippen molar-refractivity contribution in [2.45, 2.75) is 18.6 Å². The van der Waals surface area contributed by atoms with Gasteiger partial charge in [-0.2, -0.15) is 0 Å². The van der Waals surface area contributed by atoms with Crippen molar-refractivity contribution in [2.24, 2.45) is 0 Å². The van der Waals surface area contributed by atoms with Crippen LogP contribution < -0.4 is 4.74 Å². The standard InChI is InChI=1S/C17H16O4/c1-20-17(19)12-7-8-15-14(9-12)13(10-16(18)21-15)11-5-3-2-4-6-11/h2-9,13,16,18H,10H2,1H3/t13-,16?/m0/s1. The number of benzene rings is 2. The van der Waals surface area contributed by atoms with E-state index in [1.807, 2.05) is 30.3 Å². The van der Waals surface area contributed by atoms with E-state index in [1.54, 1.807) is 18.2 Å². The molecule has 1 heterocycles. The SMILES string of the molecule is COC(=O)c1ccc2c(c1)[C@H](c1ccccc1)CC(O)O2. The van der Waals surface area contributed by atoms with Crippen molar-refractivity contribution >= 4 is 5.97 Å². The maximum absolute atomic E-state index is 11.7. The Morgan fingerprint density at radius 3 is 2.71 bits per heavy atom. The number of carbonyl (C=O) groups excluding carboxylic acids is 1.